The average molecular weight is 426 g/mol. The molecule has 0 aliphatic heterocycles. The smallest absolute Gasteiger partial charge is 0.272 e. The number of aromatic nitrogens is 1. The highest BCUT2D eigenvalue weighted by Crippen LogP contribution is 2.33. The molecule has 0 spiro atoms. The molecule has 2 aromatic carbocycles. The highest BCUT2D eigenvalue weighted by atomic mass is 16.3. The van der Waals surface area contributed by atoms with E-state index in [0.717, 1.165) is 21.1 Å². The zero-order chi connectivity index (χ0) is 23.2. The van der Waals surface area contributed by atoms with Gasteiger partial charge in [0.2, 0.25) is 11.7 Å². The summed E-state index contributed by atoms with van der Waals surface area (Å²) < 4.78 is 6.96. The van der Waals surface area contributed by atoms with Gasteiger partial charge in [-0.15, -0.1) is 0 Å². The van der Waals surface area contributed by atoms with Crippen molar-refractivity contribution in [2.75, 3.05) is 0 Å². The maximum atomic E-state index is 13.6. The number of ketones is 1. The van der Waals surface area contributed by atoms with Crippen LogP contribution in [0.25, 0.3) is 11.0 Å². The van der Waals surface area contributed by atoms with Crippen molar-refractivity contribution in [3.8, 4) is 11.9 Å². The first-order valence-electron chi connectivity index (χ1n) is 10.2. The Balaban J connectivity index is 1.97. The number of hydrogen-bond acceptors (Lipinski definition) is 5. The fraction of sp³-hybridized carbons (Fsp3) is 0.192. The second-order valence-corrected chi connectivity index (χ2v) is 7.96. The van der Waals surface area contributed by atoms with Gasteiger partial charge in [0, 0.05) is 10.9 Å². The van der Waals surface area contributed by atoms with E-state index in [-0.39, 0.29) is 22.5 Å². The maximum Gasteiger partial charge on any atom is 0.272 e. The SMILES string of the molecule is Cc1ccc2c(C)c(C(=O)c3c(C)c(C#N)c(=O)n(C(C)c4ccccc4)c3O)oc2c1. The molecule has 0 bridgehead atoms. The lowest BCUT2D eigenvalue weighted by molar-refractivity contribution is 0.100. The summed E-state index contributed by atoms with van der Waals surface area (Å²) in [6, 6.07) is 16.1. The van der Waals surface area contributed by atoms with Crippen LogP contribution in [0.15, 0.2) is 57.7 Å². The molecule has 1 atom stereocenters. The van der Waals surface area contributed by atoms with E-state index in [1.54, 1.807) is 13.8 Å². The number of furan rings is 1. The van der Waals surface area contributed by atoms with Gasteiger partial charge in [0.25, 0.3) is 5.56 Å². The third kappa shape index (κ3) is 3.19. The number of carbonyl (C=O) groups excluding carboxylic acids is 1. The van der Waals surface area contributed by atoms with Crippen LogP contribution in [0.5, 0.6) is 5.88 Å². The van der Waals surface area contributed by atoms with E-state index >= 15 is 0 Å². The van der Waals surface area contributed by atoms with Crippen molar-refractivity contribution in [3.05, 3.63) is 98.0 Å². The van der Waals surface area contributed by atoms with Crippen LogP contribution >= 0.6 is 0 Å². The van der Waals surface area contributed by atoms with Crippen molar-refractivity contribution in [1.82, 2.24) is 4.57 Å². The van der Waals surface area contributed by atoms with Crippen molar-refractivity contribution in [2.24, 2.45) is 0 Å². The summed E-state index contributed by atoms with van der Waals surface area (Å²) >= 11 is 0. The van der Waals surface area contributed by atoms with Crippen LogP contribution < -0.4 is 5.56 Å². The van der Waals surface area contributed by atoms with Gasteiger partial charge in [0.1, 0.15) is 17.2 Å². The minimum Gasteiger partial charge on any atom is -0.494 e. The number of pyridine rings is 1. The fourth-order valence-electron chi connectivity index (χ4n) is 4.10. The molecule has 4 aromatic rings. The van der Waals surface area contributed by atoms with Gasteiger partial charge in [-0.3, -0.25) is 14.2 Å². The van der Waals surface area contributed by atoms with E-state index in [1.807, 2.05) is 61.5 Å². The van der Waals surface area contributed by atoms with Crippen molar-refractivity contribution < 1.29 is 14.3 Å². The number of nitriles is 1. The van der Waals surface area contributed by atoms with Crippen LogP contribution in [0.3, 0.4) is 0 Å². The van der Waals surface area contributed by atoms with Gasteiger partial charge >= 0.3 is 0 Å². The maximum absolute atomic E-state index is 13.6. The van der Waals surface area contributed by atoms with E-state index in [4.69, 9.17) is 4.42 Å². The normalized spacial score (nSPS) is 12.0. The van der Waals surface area contributed by atoms with Crippen molar-refractivity contribution in [1.29, 1.82) is 5.26 Å². The molecule has 2 aromatic heterocycles. The molecule has 32 heavy (non-hydrogen) atoms. The van der Waals surface area contributed by atoms with Crippen LogP contribution in [-0.4, -0.2) is 15.5 Å². The molecule has 6 nitrogen and oxygen atoms in total. The Morgan fingerprint density at radius 2 is 1.78 bits per heavy atom. The number of fused-ring (bicyclic) bond motifs is 1. The largest absolute Gasteiger partial charge is 0.494 e. The first kappa shape index (κ1) is 21.1. The average Bonchev–Trinajstić information content (AvgIpc) is 3.10. The highest BCUT2D eigenvalue weighted by molar-refractivity contribution is 6.12. The molecule has 0 radical (unpaired) electrons. The summed E-state index contributed by atoms with van der Waals surface area (Å²) in [6.07, 6.45) is 0. The summed E-state index contributed by atoms with van der Waals surface area (Å²) in [6.45, 7) is 6.92. The van der Waals surface area contributed by atoms with Gasteiger partial charge in [-0.1, -0.05) is 42.5 Å². The molecule has 2 heterocycles. The number of rotatable bonds is 4. The lowest BCUT2D eigenvalue weighted by Gasteiger charge is -2.20. The molecule has 0 aliphatic carbocycles. The monoisotopic (exact) mass is 426 g/mol. The van der Waals surface area contributed by atoms with Crippen molar-refractivity contribution in [3.63, 3.8) is 0 Å². The molecule has 0 fully saturated rings. The lowest BCUT2D eigenvalue weighted by atomic mass is 9.97. The van der Waals surface area contributed by atoms with Crippen LogP contribution in [0.1, 0.15) is 56.9 Å². The summed E-state index contributed by atoms with van der Waals surface area (Å²) in [5, 5.41) is 21.6. The number of aryl methyl sites for hydroxylation is 2. The highest BCUT2D eigenvalue weighted by Gasteiger charge is 2.30. The zero-order valence-corrected chi connectivity index (χ0v) is 18.3. The molecule has 0 saturated carbocycles. The third-order valence-electron chi connectivity index (χ3n) is 5.94. The standard InChI is InChI=1S/C26H22N2O4/c1-14-10-11-19-16(3)24(32-21(19)12-14)23(29)22-15(2)20(13-27)25(30)28(26(22)31)17(4)18-8-6-5-7-9-18/h5-12,17,31H,1-4H3. The van der Waals surface area contributed by atoms with Gasteiger partial charge in [0.15, 0.2) is 5.76 Å². The van der Waals surface area contributed by atoms with Crippen LogP contribution in [-0.2, 0) is 0 Å². The first-order valence-corrected chi connectivity index (χ1v) is 10.2. The molecule has 160 valence electrons. The van der Waals surface area contributed by atoms with Crippen LogP contribution in [0.2, 0.25) is 0 Å². The molecule has 6 heteroatoms. The molecule has 1 unspecified atom stereocenters. The van der Waals surface area contributed by atoms with Crippen molar-refractivity contribution >= 4 is 16.8 Å². The lowest BCUT2D eigenvalue weighted by Crippen LogP contribution is -2.29. The second-order valence-electron chi connectivity index (χ2n) is 7.96. The van der Waals surface area contributed by atoms with Crippen LogP contribution in [0.4, 0.5) is 0 Å². The van der Waals surface area contributed by atoms with Crippen molar-refractivity contribution in [2.45, 2.75) is 33.7 Å². The van der Waals surface area contributed by atoms with E-state index in [0.29, 0.717) is 11.1 Å². The Morgan fingerprint density at radius 3 is 2.44 bits per heavy atom. The summed E-state index contributed by atoms with van der Waals surface area (Å²) in [5.41, 5.74) is 2.14. The number of carbonyl (C=O) groups is 1. The Bertz CT molecular complexity index is 1470. The fourth-order valence-corrected chi connectivity index (χ4v) is 4.10. The van der Waals surface area contributed by atoms with Gasteiger partial charge in [0.05, 0.1) is 11.6 Å². The first-order chi connectivity index (χ1) is 15.3. The molecule has 0 amide bonds. The Kier molecular flexibility index (Phi) is 5.19. The number of nitrogens with zero attached hydrogens (tertiary/aromatic N) is 2. The van der Waals surface area contributed by atoms with Gasteiger partial charge in [-0.25, -0.2) is 0 Å². The number of aromatic hydroxyl groups is 1. The van der Waals surface area contributed by atoms with E-state index in [1.165, 1.54) is 6.92 Å². The molecule has 0 saturated heterocycles. The molecule has 0 aliphatic rings. The summed E-state index contributed by atoms with van der Waals surface area (Å²) in [5.74, 6) is -0.980. The Morgan fingerprint density at radius 1 is 1.09 bits per heavy atom. The minimum absolute atomic E-state index is 0.0745. The van der Waals surface area contributed by atoms with Gasteiger partial charge in [-0.05, 0) is 50.5 Å². The summed E-state index contributed by atoms with van der Waals surface area (Å²) in [7, 11) is 0. The van der Waals surface area contributed by atoms with Gasteiger partial charge in [-0.2, -0.15) is 5.26 Å². The molecular weight excluding hydrogens is 404 g/mol. The van der Waals surface area contributed by atoms with E-state index in [9.17, 15) is 20.0 Å². The second kappa shape index (κ2) is 7.86. The molecule has 1 N–H and O–H groups in total. The Labute approximate surface area is 185 Å². The van der Waals surface area contributed by atoms with E-state index < -0.39 is 23.3 Å². The summed E-state index contributed by atoms with van der Waals surface area (Å²) in [4.78, 5) is 26.6. The number of hydrogen-bond donors (Lipinski definition) is 1. The number of benzene rings is 2. The van der Waals surface area contributed by atoms with E-state index in [2.05, 4.69) is 0 Å². The van der Waals surface area contributed by atoms with Gasteiger partial charge < -0.3 is 9.52 Å². The quantitative estimate of drug-likeness (QED) is 0.467. The predicted octanol–water partition coefficient (Wildman–Crippen LogP) is 4.94. The van der Waals surface area contributed by atoms with Crippen LogP contribution in [0, 0.1) is 32.1 Å². The zero-order valence-electron chi connectivity index (χ0n) is 18.3. The minimum atomic E-state index is -0.646. The predicted molar refractivity (Wildman–Crippen MR) is 121 cm³/mol. The molecular formula is C26H22N2O4. The third-order valence-corrected chi connectivity index (χ3v) is 5.94. The topological polar surface area (TPSA) is 96.2 Å². The molecule has 4 rings (SSSR count). The Hall–Kier alpha value is -4.11.